The monoisotopic (exact) mass is 229 g/mol. The van der Waals surface area contributed by atoms with Crippen molar-refractivity contribution in [3.8, 4) is 0 Å². The van der Waals surface area contributed by atoms with E-state index < -0.39 is 13.3 Å². The Morgan fingerprint density at radius 3 is 1.33 bits per heavy atom. The molecule has 98 valence electrons. The van der Waals surface area contributed by atoms with Crippen LogP contribution in [0.3, 0.4) is 0 Å². The highest BCUT2D eigenvalue weighted by Crippen LogP contribution is 1.92. The van der Waals surface area contributed by atoms with Crippen molar-refractivity contribution in [2.24, 2.45) is 0 Å². The molecule has 4 heteroatoms. The van der Waals surface area contributed by atoms with Crippen LogP contribution >= 0.6 is 0 Å². The Morgan fingerprint density at radius 1 is 1.07 bits per heavy atom. The molecule has 0 aromatic carbocycles. The summed E-state index contributed by atoms with van der Waals surface area (Å²) < 4.78 is 15.5. The molecule has 0 saturated carbocycles. The minimum atomic E-state index is -1.00. The van der Waals surface area contributed by atoms with Crippen molar-refractivity contribution < 1.29 is 21.1 Å². The van der Waals surface area contributed by atoms with E-state index in [1.165, 1.54) is 0 Å². The molecule has 0 fully saturated rings. The van der Waals surface area contributed by atoms with Crippen molar-refractivity contribution in [1.82, 2.24) is 0 Å². The summed E-state index contributed by atoms with van der Waals surface area (Å²) in [4.78, 5) is 0. The fourth-order valence-electron chi connectivity index (χ4n) is 0.418. The van der Waals surface area contributed by atoms with E-state index in [2.05, 4.69) is 0 Å². The Bertz CT molecular complexity index is 79.3. The standard InChI is InChI=1S/C5H12O.C4H10O2.CH3F.CH4/c1-3-5(6)4-2;1-2-4(6)3-5;1-2;/h5-6H,3-4H2,1-2H3;4-6H,2-3H2,1H3;1H3;1H4/i;;1D;. The quantitative estimate of drug-likeness (QED) is 0.692. The highest BCUT2D eigenvalue weighted by Gasteiger charge is 1.92. The molecule has 0 heterocycles. The van der Waals surface area contributed by atoms with Crippen molar-refractivity contribution in [3.63, 3.8) is 0 Å². The van der Waals surface area contributed by atoms with Crippen LogP contribution in [-0.2, 0) is 0 Å². The first-order valence-electron chi connectivity index (χ1n) is 5.56. The van der Waals surface area contributed by atoms with Gasteiger partial charge in [-0.25, -0.2) is 0 Å². The van der Waals surface area contributed by atoms with Crippen LogP contribution in [0, 0.1) is 0 Å². The fourth-order valence-corrected chi connectivity index (χ4v) is 0.418. The van der Waals surface area contributed by atoms with Gasteiger partial charge in [-0.1, -0.05) is 28.2 Å². The average molecular weight is 229 g/mol. The molecule has 1 atom stereocenters. The number of halogens is 1. The molecule has 3 nitrogen and oxygen atoms in total. The second-order valence-corrected chi connectivity index (χ2v) is 2.71. The van der Waals surface area contributed by atoms with Gasteiger partial charge in [0, 0.05) is 0 Å². The molecule has 0 spiro atoms. The Morgan fingerprint density at radius 2 is 1.33 bits per heavy atom. The Kier molecular flexibility index (Phi) is 31.8. The van der Waals surface area contributed by atoms with E-state index in [0.717, 1.165) is 12.8 Å². The smallest absolute Gasteiger partial charge is 0.0785 e. The van der Waals surface area contributed by atoms with Gasteiger partial charge in [-0.2, -0.15) is 0 Å². The van der Waals surface area contributed by atoms with Gasteiger partial charge in [-0.05, 0) is 19.3 Å². The highest BCUT2D eigenvalue weighted by molar-refractivity contribution is 4.44. The second kappa shape index (κ2) is 23.5. The average Bonchev–Trinajstić information content (AvgIpc) is 2.28. The summed E-state index contributed by atoms with van der Waals surface area (Å²) in [5, 5.41) is 25.2. The van der Waals surface area contributed by atoms with Crippen molar-refractivity contribution in [3.05, 3.63) is 0 Å². The number of hydrogen-bond acceptors (Lipinski definition) is 3. The maximum absolute atomic E-state index is 9.96. The molecule has 0 aromatic heterocycles. The Balaban J connectivity index is -0.0000000692. The molecule has 0 aliphatic rings. The molecule has 0 amide bonds. The largest absolute Gasteiger partial charge is 0.394 e. The van der Waals surface area contributed by atoms with Crippen molar-refractivity contribution >= 4 is 0 Å². The zero-order chi connectivity index (χ0) is 12.7. The molecule has 0 bridgehead atoms. The fraction of sp³-hybridized carbons (Fsp3) is 1.00. The predicted molar refractivity (Wildman–Crippen MR) is 63.7 cm³/mol. The topological polar surface area (TPSA) is 60.7 Å². The van der Waals surface area contributed by atoms with Crippen molar-refractivity contribution in [2.45, 2.75) is 59.7 Å². The first kappa shape index (κ1) is 20.3. The molecule has 1 unspecified atom stereocenters. The normalized spacial score (nSPS) is 11.1. The third-order valence-corrected chi connectivity index (χ3v) is 1.62. The van der Waals surface area contributed by atoms with E-state index in [-0.39, 0.29) is 20.1 Å². The van der Waals surface area contributed by atoms with Crippen LogP contribution in [0.4, 0.5) is 4.39 Å². The van der Waals surface area contributed by atoms with Crippen LogP contribution in [0.5, 0.6) is 0 Å². The van der Waals surface area contributed by atoms with Crippen molar-refractivity contribution in [1.29, 1.82) is 0 Å². The van der Waals surface area contributed by atoms with Gasteiger partial charge in [0.1, 0.15) is 0 Å². The lowest BCUT2D eigenvalue weighted by Crippen LogP contribution is -2.08. The molecule has 3 N–H and O–H groups in total. The third-order valence-electron chi connectivity index (χ3n) is 1.62. The Hall–Kier alpha value is -0.190. The van der Waals surface area contributed by atoms with E-state index in [0.29, 0.717) is 6.42 Å². The third kappa shape index (κ3) is 31.6. The number of rotatable bonds is 4. The van der Waals surface area contributed by atoms with E-state index in [1.54, 1.807) is 0 Å². The summed E-state index contributed by atoms with van der Waals surface area (Å²) in [5.74, 6) is 0. The molecule has 0 aliphatic carbocycles. The zero-order valence-electron chi connectivity index (χ0n) is 10.4. The number of hydrogen-bond donors (Lipinski definition) is 3. The summed E-state index contributed by atoms with van der Waals surface area (Å²) in [5.41, 5.74) is 0. The van der Waals surface area contributed by atoms with Gasteiger partial charge in [-0.15, -0.1) is 0 Å². The van der Waals surface area contributed by atoms with Gasteiger partial charge in [0.25, 0.3) is 0 Å². The van der Waals surface area contributed by atoms with E-state index in [4.69, 9.17) is 16.7 Å². The first-order valence-corrected chi connectivity index (χ1v) is 4.85. The predicted octanol–water partition coefficient (Wildman–Crippen LogP) is 2.14. The first-order chi connectivity index (χ1) is 7.03. The molecule has 0 aromatic rings. The van der Waals surface area contributed by atoms with E-state index in [1.807, 2.05) is 20.8 Å². The summed E-state index contributed by atoms with van der Waals surface area (Å²) in [6, 6.07) is 0. The molecule has 0 saturated heterocycles. The lowest BCUT2D eigenvalue weighted by molar-refractivity contribution is 0.0923. The van der Waals surface area contributed by atoms with E-state index in [9.17, 15) is 4.39 Å². The summed E-state index contributed by atoms with van der Waals surface area (Å²) >= 11 is 0. The molecule has 0 aliphatic heterocycles. The van der Waals surface area contributed by atoms with Crippen LogP contribution in [0.25, 0.3) is 0 Å². The number of aliphatic hydroxyl groups excluding tert-OH is 3. The molecule has 0 rings (SSSR count). The number of aliphatic hydroxyl groups is 3. The van der Waals surface area contributed by atoms with Crippen molar-refractivity contribution in [2.75, 3.05) is 13.8 Å². The van der Waals surface area contributed by atoms with E-state index >= 15 is 0 Å². The number of alkyl halides is 1. The van der Waals surface area contributed by atoms with Gasteiger partial charge < -0.3 is 15.3 Å². The molecule has 0 radical (unpaired) electrons. The highest BCUT2D eigenvalue weighted by atomic mass is 19.1. The van der Waals surface area contributed by atoms with Gasteiger partial charge in [0.05, 0.1) is 27.3 Å². The van der Waals surface area contributed by atoms with Gasteiger partial charge in [0.2, 0.25) is 0 Å². The van der Waals surface area contributed by atoms with Gasteiger partial charge >= 0.3 is 0 Å². The molecular weight excluding hydrogens is 199 g/mol. The second-order valence-electron chi connectivity index (χ2n) is 2.71. The van der Waals surface area contributed by atoms with Crippen LogP contribution in [0.15, 0.2) is 0 Å². The summed E-state index contributed by atoms with van der Waals surface area (Å²) in [6.45, 7) is 5.67. The zero-order valence-corrected chi connectivity index (χ0v) is 9.41. The molecule has 15 heavy (non-hydrogen) atoms. The van der Waals surface area contributed by atoms with Crippen LogP contribution in [0.1, 0.15) is 48.8 Å². The van der Waals surface area contributed by atoms with Crippen LogP contribution in [-0.4, -0.2) is 41.3 Å². The van der Waals surface area contributed by atoms with Gasteiger partial charge in [-0.3, -0.25) is 4.39 Å². The minimum Gasteiger partial charge on any atom is -0.394 e. The molecular formula is C11H29FO3. The maximum Gasteiger partial charge on any atom is 0.0785 e. The van der Waals surface area contributed by atoms with Crippen LogP contribution < -0.4 is 0 Å². The summed E-state index contributed by atoms with van der Waals surface area (Å²) in [6.07, 6.45) is 1.83. The lowest BCUT2D eigenvalue weighted by atomic mass is 10.2. The van der Waals surface area contributed by atoms with Crippen LogP contribution in [0.2, 0.25) is 0 Å². The Labute approximate surface area is 95.4 Å². The van der Waals surface area contributed by atoms with Gasteiger partial charge in [0.15, 0.2) is 0 Å². The maximum atomic E-state index is 9.96. The minimum absolute atomic E-state index is 0. The lowest BCUT2D eigenvalue weighted by Gasteiger charge is -1.98. The summed E-state index contributed by atoms with van der Waals surface area (Å²) in [7, 11) is -1.00. The SMILES string of the molecule is C.CCC(O)CC.CCC(O)CO.[2H]CF.